The van der Waals surface area contributed by atoms with Gasteiger partial charge in [0, 0.05) is 23.8 Å². The molecule has 0 aliphatic rings. The summed E-state index contributed by atoms with van der Waals surface area (Å²) in [7, 11) is 0. The standard InChI is InChI=1S/C15H20N2S/c1-15(2,3)13-10-18-14(17-13)8-11-6-4-5-7-12(11)9-16/h4-7,10H,8-9,16H2,1-3H3. The Kier molecular flexibility index (Phi) is 3.83. The molecule has 0 unspecified atom stereocenters. The minimum atomic E-state index is 0.127. The molecule has 1 aromatic carbocycles. The number of benzene rings is 1. The van der Waals surface area contributed by atoms with E-state index in [0.29, 0.717) is 6.54 Å². The second-order valence-corrected chi connectivity index (χ2v) is 6.47. The molecule has 0 saturated heterocycles. The van der Waals surface area contributed by atoms with Gasteiger partial charge in [0.1, 0.15) is 0 Å². The first-order valence-electron chi connectivity index (χ1n) is 6.22. The maximum absolute atomic E-state index is 5.76. The first kappa shape index (κ1) is 13.2. The third kappa shape index (κ3) is 2.98. The molecule has 2 N–H and O–H groups in total. The summed E-state index contributed by atoms with van der Waals surface area (Å²) in [6, 6.07) is 8.33. The summed E-state index contributed by atoms with van der Waals surface area (Å²) < 4.78 is 0. The van der Waals surface area contributed by atoms with E-state index >= 15 is 0 Å². The smallest absolute Gasteiger partial charge is 0.0972 e. The van der Waals surface area contributed by atoms with Crippen LogP contribution in [0.4, 0.5) is 0 Å². The molecular weight excluding hydrogens is 240 g/mol. The predicted octanol–water partition coefficient (Wildman–Crippen LogP) is 3.49. The van der Waals surface area contributed by atoms with Crippen molar-refractivity contribution in [1.82, 2.24) is 4.98 Å². The van der Waals surface area contributed by atoms with Crippen molar-refractivity contribution in [3.63, 3.8) is 0 Å². The van der Waals surface area contributed by atoms with Gasteiger partial charge in [-0.25, -0.2) is 4.98 Å². The summed E-state index contributed by atoms with van der Waals surface area (Å²) in [5.41, 5.74) is 9.56. The molecule has 0 aliphatic heterocycles. The molecule has 18 heavy (non-hydrogen) atoms. The van der Waals surface area contributed by atoms with Crippen molar-refractivity contribution in [1.29, 1.82) is 0 Å². The van der Waals surface area contributed by atoms with Crippen LogP contribution < -0.4 is 5.73 Å². The lowest BCUT2D eigenvalue weighted by Crippen LogP contribution is -2.11. The van der Waals surface area contributed by atoms with Crippen molar-refractivity contribution in [2.75, 3.05) is 0 Å². The highest BCUT2D eigenvalue weighted by molar-refractivity contribution is 7.09. The van der Waals surface area contributed by atoms with Crippen molar-refractivity contribution in [2.45, 2.75) is 39.2 Å². The first-order chi connectivity index (χ1) is 8.50. The molecule has 2 rings (SSSR count). The fourth-order valence-electron chi connectivity index (χ4n) is 1.83. The van der Waals surface area contributed by atoms with E-state index in [0.717, 1.165) is 6.42 Å². The third-order valence-corrected chi connectivity index (χ3v) is 3.85. The minimum absolute atomic E-state index is 0.127. The van der Waals surface area contributed by atoms with Gasteiger partial charge in [0.05, 0.1) is 10.7 Å². The van der Waals surface area contributed by atoms with Crippen LogP contribution in [0.3, 0.4) is 0 Å². The zero-order valence-corrected chi connectivity index (χ0v) is 12.1. The Morgan fingerprint density at radius 1 is 1.17 bits per heavy atom. The molecule has 0 aliphatic carbocycles. The number of aromatic nitrogens is 1. The van der Waals surface area contributed by atoms with Gasteiger partial charge in [-0.05, 0) is 11.1 Å². The van der Waals surface area contributed by atoms with Crippen molar-refractivity contribution in [3.8, 4) is 0 Å². The van der Waals surface area contributed by atoms with Crippen LogP contribution in [-0.2, 0) is 18.4 Å². The van der Waals surface area contributed by atoms with E-state index in [1.54, 1.807) is 11.3 Å². The molecule has 0 saturated carbocycles. The van der Waals surface area contributed by atoms with Crippen LogP contribution in [0.5, 0.6) is 0 Å². The fraction of sp³-hybridized carbons (Fsp3) is 0.400. The zero-order valence-electron chi connectivity index (χ0n) is 11.2. The van der Waals surface area contributed by atoms with Gasteiger partial charge in [0.15, 0.2) is 0 Å². The number of hydrogen-bond acceptors (Lipinski definition) is 3. The van der Waals surface area contributed by atoms with Gasteiger partial charge in [-0.15, -0.1) is 11.3 Å². The van der Waals surface area contributed by atoms with Crippen LogP contribution in [0.25, 0.3) is 0 Å². The molecule has 0 spiro atoms. The minimum Gasteiger partial charge on any atom is -0.326 e. The lowest BCUT2D eigenvalue weighted by molar-refractivity contribution is 0.571. The third-order valence-electron chi connectivity index (χ3n) is 3.00. The zero-order chi connectivity index (χ0) is 13.2. The second kappa shape index (κ2) is 5.21. The Balaban J connectivity index is 2.22. The van der Waals surface area contributed by atoms with Crippen molar-refractivity contribution in [2.24, 2.45) is 5.73 Å². The number of hydrogen-bond donors (Lipinski definition) is 1. The lowest BCUT2D eigenvalue weighted by Gasteiger charge is -2.14. The van der Waals surface area contributed by atoms with Gasteiger partial charge in [0.25, 0.3) is 0 Å². The summed E-state index contributed by atoms with van der Waals surface area (Å²) in [5, 5.41) is 3.33. The second-order valence-electron chi connectivity index (χ2n) is 5.53. The maximum atomic E-state index is 5.76. The molecule has 2 nitrogen and oxygen atoms in total. The largest absolute Gasteiger partial charge is 0.326 e. The van der Waals surface area contributed by atoms with Gasteiger partial charge in [-0.3, -0.25) is 0 Å². The Bertz CT molecular complexity index is 523. The Morgan fingerprint density at radius 3 is 2.39 bits per heavy atom. The van der Waals surface area contributed by atoms with Crippen molar-refractivity contribution >= 4 is 11.3 Å². The quantitative estimate of drug-likeness (QED) is 0.917. The topological polar surface area (TPSA) is 38.9 Å². The molecule has 3 heteroatoms. The van der Waals surface area contributed by atoms with E-state index in [4.69, 9.17) is 10.7 Å². The van der Waals surface area contributed by atoms with Crippen LogP contribution in [0.15, 0.2) is 29.6 Å². The van der Waals surface area contributed by atoms with Gasteiger partial charge in [0.2, 0.25) is 0 Å². The Hall–Kier alpha value is -1.19. The summed E-state index contributed by atoms with van der Waals surface area (Å²) >= 11 is 1.74. The van der Waals surface area contributed by atoms with E-state index in [-0.39, 0.29) is 5.41 Å². The van der Waals surface area contributed by atoms with Gasteiger partial charge < -0.3 is 5.73 Å². The number of nitrogens with zero attached hydrogens (tertiary/aromatic N) is 1. The number of nitrogens with two attached hydrogens (primary N) is 1. The summed E-state index contributed by atoms with van der Waals surface area (Å²) in [5.74, 6) is 0. The first-order valence-corrected chi connectivity index (χ1v) is 7.10. The maximum Gasteiger partial charge on any atom is 0.0972 e. The molecular formula is C15H20N2S. The van der Waals surface area contributed by atoms with Gasteiger partial charge >= 0.3 is 0 Å². The molecule has 0 bridgehead atoms. The Morgan fingerprint density at radius 2 is 1.83 bits per heavy atom. The van der Waals surface area contributed by atoms with Crippen molar-refractivity contribution < 1.29 is 0 Å². The average Bonchev–Trinajstić information content (AvgIpc) is 2.78. The molecule has 0 atom stereocenters. The van der Waals surface area contributed by atoms with Crippen LogP contribution in [0.1, 0.15) is 42.6 Å². The number of thiazole rings is 1. The fourth-order valence-corrected chi connectivity index (χ4v) is 2.87. The highest BCUT2D eigenvalue weighted by atomic mass is 32.1. The normalized spacial score (nSPS) is 11.8. The summed E-state index contributed by atoms with van der Waals surface area (Å²) in [6.07, 6.45) is 0.883. The molecule has 1 heterocycles. The van der Waals surface area contributed by atoms with Crippen LogP contribution in [0, 0.1) is 0 Å². The van der Waals surface area contributed by atoms with Gasteiger partial charge in [-0.2, -0.15) is 0 Å². The van der Waals surface area contributed by atoms with E-state index < -0.39 is 0 Å². The van der Waals surface area contributed by atoms with Gasteiger partial charge in [-0.1, -0.05) is 45.0 Å². The van der Waals surface area contributed by atoms with Crippen LogP contribution in [0.2, 0.25) is 0 Å². The average molecular weight is 260 g/mol. The highest BCUT2D eigenvalue weighted by Gasteiger charge is 2.17. The van der Waals surface area contributed by atoms with E-state index in [9.17, 15) is 0 Å². The van der Waals surface area contributed by atoms with Crippen LogP contribution in [-0.4, -0.2) is 4.98 Å². The molecule has 1 aromatic heterocycles. The highest BCUT2D eigenvalue weighted by Crippen LogP contribution is 2.25. The summed E-state index contributed by atoms with van der Waals surface area (Å²) in [6.45, 7) is 7.17. The predicted molar refractivity (Wildman–Crippen MR) is 78.0 cm³/mol. The summed E-state index contributed by atoms with van der Waals surface area (Å²) in [4.78, 5) is 4.73. The SMILES string of the molecule is CC(C)(C)c1csc(Cc2ccccc2CN)n1. The van der Waals surface area contributed by atoms with E-state index in [1.807, 2.05) is 6.07 Å². The molecule has 0 amide bonds. The molecule has 0 fully saturated rings. The van der Waals surface area contributed by atoms with Crippen molar-refractivity contribution in [3.05, 3.63) is 51.5 Å². The molecule has 96 valence electrons. The van der Waals surface area contributed by atoms with E-state index in [2.05, 4.69) is 44.4 Å². The monoisotopic (exact) mass is 260 g/mol. The van der Waals surface area contributed by atoms with Crippen LogP contribution >= 0.6 is 11.3 Å². The number of rotatable bonds is 3. The molecule has 2 aromatic rings. The molecule has 0 radical (unpaired) electrons. The van der Waals surface area contributed by atoms with E-state index in [1.165, 1.54) is 21.8 Å². The Labute approximate surface area is 113 Å². The lowest BCUT2D eigenvalue weighted by atomic mass is 9.93.